The lowest BCUT2D eigenvalue weighted by molar-refractivity contribution is 0.0504. The van der Waals surface area contributed by atoms with E-state index >= 15 is 0 Å². The average molecular weight is 265 g/mol. The van der Waals surface area contributed by atoms with E-state index in [1.165, 1.54) is 18.5 Å². The lowest BCUT2D eigenvalue weighted by atomic mass is 10.2. The number of amides is 1. The highest BCUT2D eigenvalue weighted by atomic mass is 16.6. The number of nitrogens with zero attached hydrogens (tertiary/aromatic N) is 2. The second-order valence-corrected chi connectivity index (χ2v) is 6.32. The number of rotatable bonds is 4. The van der Waals surface area contributed by atoms with Crippen LogP contribution in [0.25, 0.3) is 0 Å². The fraction of sp³-hybridized carbons (Fsp3) is 0.714. The summed E-state index contributed by atoms with van der Waals surface area (Å²) < 4.78 is 7.25. The van der Waals surface area contributed by atoms with Gasteiger partial charge in [-0.15, -0.1) is 0 Å². The molecule has 5 nitrogen and oxygen atoms in total. The van der Waals surface area contributed by atoms with E-state index in [1.807, 2.05) is 38.6 Å². The Morgan fingerprint density at radius 2 is 2.26 bits per heavy atom. The maximum atomic E-state index is 11.6. The van der Waals surface area contributed by atoms with E-state index in [4.69, 9.17) is 4.74 Å². The summed E-state index contributed by atoms with van der Waals surface area (Å²) in [5.41, 5.74) is 0.710. The monoisotopic (exact) mass is 265 g/mol. The molecule has 19 heavy (non-hydrogen) atoms. The van der Waals surface area contributed by atoms with Crippen molar-refractivity contribution < 1.29 is 9.53 Å². The van der Waals surface area contributed by atoms with Crippen LogP contribution in [0.15, 0.2) is 12.5 Å². The number of hydrogen-bond acceptors (Lipinski definition) is 3. The molecular weight excluding hydrogens is 242 g/mol. The van der Waals surface area contributed by atoms with E-state index in [0.29, 0.717) is 12.5 Å². The van der Waals surface area contributed by atoms with Gasteiger partial charge in [0.05, 0.1) is 12.0 Å². The van der Waals surface area contributed by atoms with Gasteiger partial charge in [-0.2, -0.15) is 0 Å². The molecule has 1 unspecified atom stereocenters. The third kappa shape index (κ3) is 4.58. The predicted molar refractivity (Wildman–Crippen MR) is 73.0 cm³/mol. The maximum Gasteiger partial charge on any atom is 0.407 e. The molecule has 0 bridgehead atoms. The van der Waals surface area contributed by atoms with Crippen molar-refractivity contribution in [1.82, 2.24) is 14.9 Å². The fourth-order valence-corrected chi connectivity index (χ4v) is 1.94. The van der Waals surface area contributed by atoms with Crippen molar-refractivity contribution in [1.29, 1.82) is 0 Å². The Hall–Kier alpha value is -1.52. The number of carbonyl (C=O) groups is 1. The van der Waals surface area contributed by atoms with Crippen molar-refractivity contribution in [3.8, 4) is 0 Å². The summed E-state index contributed by atoms with van der Waals surface area (Å²) >= 11 is 0. The van der Waals surface area contributed by atoms with E-state index in [1.54, 1.807) is 0 Å². The first-order valence-corrected chi connectivity index (χ1v) is 6.84. The van der Waals surface area contributed by atoms with Crippen molar-refractivity contribution in [2.24, 2.45) is 0 Å². The minimum atomic E-state index is -0.460. The van der Waals surface area contributed by atoms with Crippen LogP contribution in [0.3, 0.4) is 0 Å². The quantitative estimate of drug-likeness (QED) is 0.910. The molecule has 1 aromatic rings. The number of carbonyl (C=O) groups excluding carboxylic acids is 1. The van der Waals surface area contributed by atoms with Crippen LogP contribution in [0.4, 0.5) is 4.79 Å². The molecule has 0 spiro atoms. The number of alkyl carbamates (subject to hydrolysis) is 1. The molecule has 0 aliphatic heterocycles. The molecule has 0 aromatic carbocycles. The summed E-state index contributed by atoms with van der Waals surface area (Å²) in [6.45, 7) is 8.23. The summed E-state index contributed by atoms with van der Waals surface area (Å²) in [5.74, 6) is 0.662. The number of ether oxygens (including phenoxy) is 1. The van der Waals surface area contributed by atoms with Crippen LogP contribution in [0, 0.1) is 0 Å². The highest BCUT2D eigenvalue weighted by molar-refractivity contribution is 5.67. The molecule has 1 saturated carbocycles. The Morgan fingerprint density at radius 1 is 1.58 bits per heavy atom. The van der Waals surface area contributed by atoms with Gasteiger partial charge in [0.15, 0.2) is 0 Å². The molecule has 1 aromatic heterocycles. The molecule has 0 saturated heterocycles. The third-order valence-corrected chi connectivity index (χ3v) is 2.90. The first-order valence-electron chi connectivity index (χ1n) is 6.84. The number of imidazole rings is 1. The van der Waals surface area contributed by atoms with Gasteiger partial charge in [-0.05, 0) is 40.5 Å². The smallest absolute Gasteiger partial charge is 0.407 e. The Kier molecular flexibility index (Phi) is 3.83. The number of nitrogens with one attached hydrogen (secondary N) is 1. The van der Waals surface area contributed by atoms with Gasteiger partial charge >= 0.3 is 6.09 Å². The SMILES string of the molecule is CC(Cn1cnc(C2CC2)c1)NC(=O)OC(C)(C)C. The molecule has 1 amide bonds. The van der Waals surface area contributed by atoms with Gasteiger partial charge in [-0.1, -0.05) is 0 Å². The zero-order valence-corrected chi connectivity index (χ0v) is 12.1. The van der Waals surface area contributed by atoms with E-state index in [9.17, 15) is 4.79 Å². The molecule has 106 valence electrons. The van der Waals surface area contributed by atoms with E-state index in [2.05, 4.69) is 16.5 Å². The van der Waals surface area contributed by atoms with Crippen LogP contribution < -0.4 is 5.32 Å². The molecule has 1 N–H and O–H groups in total. The summed E-state index contributed by atoms with van der Waals surface area (Å²) in [6, 6.07) is 0.0103. The zero-order chi connectivity index (χ0) is 14.0. The number of aromatic nitrogens is 2. The summed E-state index contributed by atoms with van der Waals surface area (Å²) in [4.78, 5) is 16.0. The fourth-order valence-electron chi connectivity index (χ4n) is 1.94. The van der Waals surface area contributed by atoms with Gasteiger partial charge in [0.1, 0.15) is 5.60 Å². The van der Waals surface area contributed by atoms with E-state index < -0.39 is 5.60 Å². The summed E-state index contributed by atoms with van der Waals surface area (Å²) in [7, 11) is 0. The zero-order valence-electron chi connectivity index (χ0n) is 12.1. The van der Waals surface area contributed by atoms with E-state index in [0.717, 1.165) is 0 Å². The molecular formula is C14H23N3O2. The summed E-state index contributed by atoms with van der Waals surface area (Å²) in [6.07, 6.45) is 6.04. The van der Waals surface area contributed by atoms with Crippen LogP contribution in [-0.2, 0) is 11.3 Å². The standard InChI is InChI=1S/C14H23N3O2/c1-10(16-13(18)19-14(2,3)4)7-17-8-12(15-9-17)11-5-6-11/h8-11H,5-7H2,1-4H3,(H,16,18). The van der Waals surface area contributed by atoms with Crippen molar-refractivity contribution in [2.45, 2.75) is 64.6 Å². The van der Waals surface area contributed by atoms with Gasteiger partial charge in [0, 0.05) is 24.7 Å². The first kappa shape index (κ1) is 13.9. The Balaban J connectivity index is 1.79. The highest BCUT2D eigenvalue weighted by Gasteiger charge is 2.25. The summed E-state index contributed by atoms with van der Waals surface area (Å²) in [5, 5.41) is 2.83. The minimum Gasteiger partial charge on any atom is -0.444 e. The molecule has 2 rings (SSSR count). The lowest BCUT2D eigenvalue weighted by Gasteiger charge is -2.22. The van der Waals surface area contributed by atoms with Crippen LogP contribution in [0.5, 0.6) is 0 Å². The van der Waals surface area contributed by atoms with E-state index in [-0.39, 0.29) is 12.1 Å². The maximum absolute atomic E-state index is 11.6. The molecule has 0 radical (unpaired) electrons. The van der Waals surface area contributed by atoms with Gasteiger partial charge < -0.3 is 14.6 Å². The molecule has 1 heterocycles. The topological polar surface area (TPSA) is 56.2 Å². The molecule has 1 atom stereocenters. The van der Waals surface area contributed by atoms with Crippen molar-refractivity contribution in [2.75, 3.05) is 0 Å². The first-order chi connectivity index (χ1) is 8.83. The lowest BCUT2D eigenvalue weighted by Crippen LogP contribution is -2.39. The normalized spacial score (nSPS) is 17.1. The predicted octanol–water partition coefficient (Wildman–Crippen LogP) is 2.67. The van der Waals surface area contributed by atoms with Crippen LogP contribution in [-0.4, -0.2) is 27.3 Å². The largest absolute Gasteiger partial charge is 0.444 e. The van der Waals surface area contributed by atoms with Crippen molar-refractivity contribution in [3.63, 3.8) is 0 Å². The molecule has 1 aliphatic carbocycles. The molecule has 1 fully saturated rings. The molecule has 1 aliphatic rings. The average Bonchev–Trinajstić information content (AvgIpc) is 2.97. The van der Waals surface area contributed by atoms with Gasteiger partial charge in [0.25, 0.3) is 0 Å². The number of hydrogen-bond donors (Lipinski definition) is 1. The Bertz CT molecular complexity index is 444. The van der Waals surface area contributed by atoms with Crippen LogP contribution >= 0.6 is 0 Å². The van der Waals surface area contributed by atoms with Gasteiger partial charge in [0.2, 0.25) is 0 Å². The second-order valence-electron chi connectivity index (χ2n) is 6.32. The van der Waals surface area contributed by atoms with Crippen molar-refractivity contribution in [3.05, 3.63) is 18.2 Å². The van der Waals surface area contributed by atoms with Crippen LogP contribution in [0.2, 0.25) is 0 Å². The van der Waals surface area contributed by atoms with Crippen molar-refractivity contribution >= 4 is 6.09 Å². The second kappa shape index (κ2) is 5.23. The third-order valence-electron chi connectivity index (χ3n) is 2.90. The van der Waals surface area contributed by atoms with Crippen LogP contribution in [0.1, 0.15) is 52.1 Å². The van der Waals surface area contributed by atoms with Gasteiger partial charge in [-0.25, -0.2) is 9.78 Å². The van der Waals surface area contributed by atoms with Gasteiger partial charge in [-0.3, -0.25) is 0 Å². The Morgan fingerprint density at radius 3 is 2.84 bits per heavy atom. The minimum absolute atomic E-state index is 0.0103. The molecule has 5 heteroatoms. The Labute approximate surface area is 114 Å². The highest BCUT2D eigenvalue weighted by Crippen LogP contribution is 2.38.